The molecule has 0 aliphatic rings. The fourth-order valence-electron chi connectivity index (χ4n) is 4.79. The summed E-state index contributed by atoms with van der Waals surface area (Å²) in [5.74, 6) is 0. The van der Waals surface area contributed by atoms with E-state index in [1.807, 2.05) is 30.3 Å². The maximum atomic E-state index is 10.2. The van der Waals surface area contributed by atoms with E-state index in [0.717, 1.165) is 44.3 Å². The predicted molar refractivity (Wildman–Crippen MR) is 149 cm³/mol. The van der Waals surface area contributed by atoms with E-state index >= 15 is 0 Å². The molecule has 0 bridgehead atoms. The smallest absolute Gasteiger partial charge is 0.261 e. The number of aliphatic hydroxyl groups is 1. The van der Waals surface area contributed by atoms with Crippen LogP contribution in [0.2, 0.25) is 5.04 Å². The van der Waals surface area contributed by atoms with E-state index in [2.05, 4.69) is 81.4 Å². The Morgan fingerprint density at radius 1 is 0.714 bits per heavy atom. The Kier molecular flexibility index (Phi) is 10.7. The van der Waals surface area contributed by atoms with E-state index < -0.39 is 14.4 Å². The minimum absolute atomic E-state index is 0.0135. The van der Waals surface area contributed by atoms with E-state index in [1.54, 1.807) is 0 Å². The molecule has 3 aromatic carbocycles. The second kappa shape index (κ2) is 13.7. The Morgan fingerprint density at radius 2 is 1.23 bits per heavy atom. The quantitative estimate of drug-likeness (QED) is 0.219. The third kappa shape index (κ3) is 7.87. The molecule has 0 aliphatic heterocycles. The molecule has 0 aromatic heterocycles. The van der Waals surface area contributed by atoms with Gasteiger partial charge in [-0.25, -0.2) is 0 Å². The lowest BCUT2D eigenvalue weighted by Gasteiger charge is -2.43. The first-order valence-corrected chi connectivity index (χ1v) is 14.9. The normalized spacial score (nSPS) is 13.0. The Morgan fingerprint density at radius 3 is 1.77 bits per heavy atom. The van der Waals surface area contributed by atoms with Crippen LogP contribution in [0.5, 0.6) is 0 Å². The van der Waals surface area contributed by atoms with Gasteiger partial charge in [0.1, 0.15) is 0 Å². The van der Waals surface area contributed by atoms with Crippen LogP contribution in [-0.2, 0) is 15.8 Å². The second-order valence-electron chi connectivity index (χ2n) is 10.4. The van der Waals surface area contributed by atoms with Crippen molar-refractivity contribution in [2.45, 2.75) is 70.6 Å². The van der Waals surface area contributed by atoms with Gasteiger partial charge in [-0.05, 0) is 33.8 Å². The molecule has 0 saturated carbocycles. The fourth-order valence-corrected chi connectivity index (χ4v) is 9.40. The molecule has 1 atom stereocenters. The van der Waals surface area contributed by atoms with Gasteiger partial charge in [0.15, 0.2) is 0 Å². The zero-order chi connectivity index (χ0) is 25.0. The summed E-state index contributed by atoms with van der Waals surface area (Å²) >= 11 is 0. The molecule has 0 saturated heterocycles. The number of aliphatic hydroxyl groups excluding tert-OH is 1. The van der Waals surface area contributed by atoms with Crippen LogP contribution < -0.4 is 10.4 Å². The van der Waals surface area contributed by atoms with E-state index in [1.165, 1.54) is 10.4 Å². The van der Waals surface area contributed by atoms with Gasteiger partial charge in [0.05, 0.1) is 19.3 Å². The lowest BCUT2D eigenvalue weighted by molar-refractivity contribution is 0.0233. The standard InChI is InChI=1S/C31H42O3Si/c1-31(2,3)35(29-20-12-7-13-21-29,30-22-14-8-15-23-30)34-24-16-5-4-11-19-28(32)26-33-25-27-17-9-6-10-18-27/h6-10,12-15,17-18,20-23,28,32H,4-5,11,16,19,24-26H2,1-3H3/t28-/m0/s1. The summed E-state index contributed by atoms with van der Waals surface area (Å²) < 4.78 is 12.6. The molecule has 0 fully saturated rings. The maximum absolute atomic E-state index is 10.2. The summed E-state index contributed by atoms with van der Waals surface area (Å²) in [5.41, 5.74) is 1.14. The van der Waals surface area contributed by atoms with Crippen LogP contribution in [-0.4, -0.2) is 32.7 Å². The number of hydrogen-bond donors (Lipinski definition) is 1. The summed E-state index contributed by atoms with van der Waals surface area (Å²) in [7, 11) is -2.44. The largest absolute Gasteiger partial charge is 0.407 e. The van der Waals surface area contributed by atoms with E-state index in [0.29, 0.717) is 13.2 Å². The van der Waals surface area contributed by atoms with Crippen molar-refractivity contribution in [2.75, 3.05) is 13.2 Å². The van der Waals surface area contributed by atoms with E-state index in [-0.39, 0.29) is 5.04 Å². The molecule has 0 radical (unpaired) electrons. The summed E-state index contributed by atoms with van der Waals surface area (Å²) in [6.45, 7) is 8.67. The molecule has 3 nitrogen and oxygen atoms in total. The minimum atomic E-state index is -2.44. The molecule has 4 heteroatoms. The Labute approximate surface area is 213 Å². The van der Waals surface area contributed by atoms with Crippen molar-refractivity contribution in [1.29, 1.82) is 0 Å². The summed E-state index contributed by atoms with van der Waals surface area (Å²) in [6, 6.07) is 31.7. The summed E-state index contributed by atoms with van der Waals surface area (Å²) in [4.78, 5) is 0. The van der Waals surface area contributed by atoms with Gasteiger partial charge in [-0.1, -0.05) is 131 Å². The highest BCUT2D eigenvalue weighted by Crippen LogP contribution is 2.36. The predicted octanol–water partition coefficient (Wildman–Crippen LogP) is 6.09. The number of rotatable bonds is 14. The number of ether oxygens (including phenoxy) is 1. The van der Waals surface area contributed by atoms with Gasteiger partial charge in [-0.3, -0.25) is 0 Å². The van der Waals surface area contributed by atoms with Gasteiger partial charge >= 0.3 is 0 Å². The van der Waals surface area contributed by atoms with Gasteiger partial charge < -0.3 is 14.3 Å². The van der Waals surface area contributed by atoms with Crippen LogP contribution in [0.3, 0.4) is 0 Å². The highest BCUT2D eigenvalue weighted by atomic mass is 28.4. The Bertz CT molecular complexity index is 915. The van der Waals surface area contributed by atoms with Crippen LogP contribution in [0.1, 0.15) is 58.4 Å². The molecule has 0 spiro atoms. The van der Waals surface area contributed by atoms with E-state index in [4.69, 9.17) is 9.16 Å². The SMILES string of the molecule is CC(C)(C)[Si](OCCCCCC[C@H](O)COCc1ccccc1)(c1ccccc1)c1ccccc1. The van der Waals surface area contributed by atoms with Crippen molar-refractivity contribution in [3.63, 3.8) is 0 Å². The molecular formula is C31H42O3Si. The third-order valence-electron chi connectivity index (χ3n) is 6.59. The highest BCUT2D eigenvalue weighted by Gasteiger charge is 2.49. The van der Waals surface area contributed by atoms with Crippen molar-refractivity contribution in [1.82, 2.24) is 0 Å². The van der Waals surface area contributed by atoms with Crippen molar-refractivity contribution in [2.24, 2.45) is 0 Å². The van der Waals surface area contributed by atoms with Crippen LogP contribution in [0.4, 0.5) is 0 Å². The lowest BCUT2D eigenvalue weighted by Crippen LogP contribution is -2.66. The van der Waals surface area contributed by atoms with Gasteiger partial charge in [0.25, 0.3) is 8.32 Å². The molecule has 0 aliphatic carbocycles. The van der Waals surface area contributed by atoms with Crippen LogP contribution in [0.15, 0.2) is 91.0 Å². The van der Waals surface area contributed by atoms with Crippen LogP contribution in [0, 0.1) is 0 Å². The molecule has 35 heavy (non-hydrogen) atoms. The maximum Gasteiger partial charge on any atom is 0.261 e. The zero-order valence-electron chi connectivity index (χ0n) is 21.7. The van der Waals surface area contributed by atoms with Crippen molar-refractivity contribution >= 4 is 18.7 Å². The third-order valence-corrected chi connectivity index (χ3v) is 11.6. The van der Waals surface area contributed by atoms with Crippen molar-refractivity contribution in [3.8, 4) is 0 Å². The average Bonchev–Trinajstić information content (AvgIpc) is 2.87. The molecular weight excluding hydrogens is 448 g/mol. The first-order chi connectivity index (χ1) is 16.9. The fraction of sp³-hybridized carbons (Fsp3) is 0.419. The molecule has 0 heterocycles. The van der Waals surface area contributed by atoms with Crippen molar-refractivity contribution in [3.05, 3.63) is 96.6 Å². The number of hydrogen-bond acceptors (Lipinski definition) is 3. The van der Waals surface area contributed by atoms with Gasteiger partial charge in [0.2, 0.25) is 0 Å². The molecule has 1 N–H and O–H groups in total. The van der Waals surface area contributed by atoms with Crippen molar-refractivity contribution < 1.29 is 14.3 Å². The summed E-state index contributed by atoms with van der Waals surface area (Å²) in [6.07, 6.45) is 4.63. The molecule has 3 aromatic rings. The molecule has 0 amide bonds. The number of unbranched alkanes of at least 4 members (excludes halogenated alkanes) is 3. The summed E-state index contributed by atoms with van der Waals surface area (Å²) in [5, 5.41) is 12.9. The Hall–Kier alpha value is -2.24. The monoisotopic (exact) mass is 490 g/mol. The number of benzene rings is 3. The lowest BCUT2D eigenvalue weighted by atomic mass is 10.1. The molecule has 3 rings (SSSR count). The van der Waals surface area contributed by atoms with Gasteiger partial charge in [0, 0.05) is 6.61 Å². The Balaban J connectivity index is 1.45. The van der Waals surface area contributed by atoms with Gasteiger partial charge in [-0.15, -0.1) is 0 Å². The zero-order valence-corrected chi connectivity index (χ0v) is 22.7. The first kappa shape index (κ1) is 27.3. The second-order valence-corrected chi connectivity index (χ2v) is 14.7. The van der Waals surface area contributed by atoms with Gasteiger partial charge in [-0.2, -0.15) is 0 Å². The first-order valence-electron chi connectivity index (χ1n) is 13.0. The highest BCUT2D eigenvalue weighted by molar-refractivity contribution is 6.99. The van der Waals surface area contributed by atoms with Crippen LogP contribution >= 0.6 is 0 Å². The van der Waals surface area contributed by atoms with E-state index in [9.17, 15) is 5.11 Å². The minimum Gasteiger partial charge on any atom is -0.407 e. The molecule has 0 unspecified atom stereocenters. The van der Waals surface area contributed by atoms with Crippen LogP contribution in [0.25, 0.3) is 0 Å². The molecule has 188 valence electrons. The topological polar surface area (TPSA) is 38.7 Å². The average molecular weight is 491 g/mol.